The van der Waals surface area contributed by atoms with Crippen LogP contribution in [0, 0.1) is 6.92 Å². The lowest BCUT2D eigenvalue weighted by molar-refractivity contribution is -0.633. The van der Waals surface area contributed by atoms with Gasteiger partial charge < -0.3 is 0 Å². The Morgan fingerprint density at radius 2 is 1.22 bits per heavy atom. The Hall–Kier alpha value is -5.16. The minimum atomic E-state index is -5.01. The number of imidazole rings is 1. The van der Waals surface area contributed by atoms with Crippen LogP contribution in [-0.4, -0.2) is 10.7 Å². The Morgan fingerprint density at radius 3 is 1.82 bits per heavy atom. The van der Waals surface area contributed by atoms with E-state index in [9.17, 15) is 13.2 Å². The zero-order valence-corrected chi connectivity index (χ0v) is 29.2. The maximum absolute atomic E-state index is 13.5. The van der Waals surface area contributed by atoms with Crippen molar-refractivity contribution in [2.45, 2.75) is 59.0 Å². The van der Waals surface area contributed by atoms with E-state index >= 15 is 0 Å². The number of alkyl halides is 3. The Bertz CT molecular complexity index is 2410. The summed E-state index contributed by atoms with van der Waals surface area (Å²) in [5, 5.41) is 2.32. The molecule has 0 saturated heterocycles. The van der Waals surface area contributed by atoms with Gasteiger partial charge in [0.05, 0.1) is 19.0 Å². The maximum Gasteiger partial charge on any atom is 0.393 e. The van der Waals surface area contributed by atoms with Crippen molar-refractivity contribution in [1.29, 1.82) is 0 Å². The number of rotatable bonds is 7. The van der Waals surface area contributed by atoms with Crippen molar-refractivity contribution in [1.82, 2.24) is 4.57 Å². The van der Waals surface area contributed by atoms with Crippen molar-refractivity contribution in [2.24, 2.45) is 7.05 Å². The number of nitrogens with zero attached hydrogens (tertiary/aromatic N) is 2. The second kappa shape index (κ2) is 12.9. The lowest BCUT2D eigenvalue weighted by Crippen LogP contribution is -2.30. The molecule has 6 aromatic carbocycles. The lowest BCUT2D eigenvalue weighted by Gasteiger charge is -2.21. The molecule has 7 rings (SSSR count). The number of aryl methyl sites for hydroxylation is 2. The molecule has 0 saturated carbocycles. The van der Waals surface area contributed by atoms with Crippen LogP contribution < -0.4 is 4.57 Å². The number of aromatic nitrogens is 2. The fourth-order valence-electron chi connectivity index (χ4n) is 7.19. The second-order valence-corrected chi connectivity index (χ2v) is 13.8. The van der Waals surface area contributed by atoms with Crippen LogP contribution in [0.2, 0.25) is 0 Å². The molecule has 0 aliphatic heterocycles. The van der Waals surface area contributed by atoms with Crippen molar-refractivity contribution in [3.8, 4) is 39.3 Å². The molecule has 0 bridgehead atoms. The second-order valence-electron chi connectivity index (χ2n) is 13.8. The largest absolute Gasteiger partial charge is 0.393 e. The predicted octanol–water partition coefficient (Wildman–Crippen LogP) is 12.3. The third kappa shape index (κ3) is 6.22. The SMILES string of the molecule is [2H]C([2H])(c1ccc(-c2ccc3c(c2)[n+](C)c(-c2cc4ccccc4cc2C)n3-c2c(C(C)C)cc(-c3ccccc3)cc2C(C)C)cc1)C(F)(F)F. The van der Waals surface area contributed by atoms with E-state index in [2.05, 4.69) is 136 Å². The fraction of sp³-hybridized carbons (Fsp3) is 0.222. The third-order valence-corrected chi connectivity index (χ3v) is 9.69. The van der Waals surface area contributed by atoms with Crippen molar-refractivity contribution in [3.63, 3.8) is 0 Å². The first-order valence-electron chi connectivity index (χ1n) is 18.1. The van der Waals surface area contributed by atoms with Gasteiger partial charge in [0.15, 0.2) is 11.0 Å². The van der Waals surface area contributed by atoms with Gasteiger partial charge in [0.2, 0.25) is 0 Å². The number of halogens is 3. The average Bonchev–Trinajstić information content (AvgIpc) is 3.41. The Kier molecular flexibility index (Phi) is 7.99. The lowest BCUT2D eigenvalue weighted by atomic mass is 9.88. The number of benzene rings is 6. The van der Waals surface area contributed by atoms with Gasteiger partial charge >= 0.3 is 6.18 Å². The van der Waals surface area contributed by atoms with Gasteiger partial charge in [-0.1, -0.05) is 113 Å². The highest BCUT2D eigenvalue weighted by Crippen LogP contribution is 2.41. The first kappa shape index (κ1) is 30.9. The van der Waals surface area contributed by atoms with Gasteiger partial charge in [0.25, 0.3) is 5.82 Å². The molecule has 7 aromatic rings. The summed E-state index contributed by atoms with van der Waals surface area (Å²) in [7, 11) is 2.08. The highest BCUT2D eigenvalue weighted by Gasteiger charge is 2.33. The maximum atomic E-state index is 13.5. The minimum Gasteiger partial charge on any atom is -0.225 e. The highest BCUT2D eigenvalue weighted by atomic mass is 19.4. The molecule has 0 N–H and O–H groups in total. The molecule has 0 aliphatic rings. The summed E-state index contributed by atoms with van der Waals surface area (Å²) in [5.41, 5.74) is 11.3. The average molecular weight is 670 g/mol. The summed E-state index contributed by atoms with van der Waals surface area (Å²) in [6, 6.07) is 39.9. The van der Waals surface area contributed by atoms with E-state index in [4.69, 9.17) is 2.74 Å². The molecule has 5 heteroatoms. The molecule has 0 unspecified atom stereocenters. The molecule has 0 fully saturated rings. The van der Waals surface area contributed by atoms with Crippen LogP contribution in [0.15, 0.2) is 121 Å². The van der Waals surface area contributed by atoms with Gasteiger partial charge in [-0.25, -0.2) is 4.57 Å². The zero-order valence-electron chi connectivity index (χ0n) is 31.2. The van der Waals surface area contributed by atoms with Gasteiger partial charge in [-0.15, -0.1) is 0 Å². The number of fused-ring (bicyclic) bond motifs is 2. The molecular formula is C45H42F3N2+. The number of hydrogen-bond acceptors (Lipinski definition) is 0. The van der Waals surface area contributed by atoms with Gasteiger partial charge in [-0.05, 0) is 99.3 Å². The monoisotopic (exact) mass is 669 g/mol. The van der Waals surface area contributed by atoms with Gasteiger partial charge in [0.1, 0.15) is 5.69 Å². The third-order valence-electron chi connectivity index (χ3n) is 9.69. The van der Waals surface area contributed by atoms with Gasteiger partial charge in [0, 0.05) is 13.9 Å². The molecule has 50 heavy (non-hydrogen) atoms. The van der Waals surface area contributed by atoms with E-state index in [0.717, 1.165) is 44.6 Å². The minimum absolute atomic E-state index is 0.208. The molecule has 1 heterocycles. The van der Waals surface area contributed by atoms with Crippen LogP contribution in [0.25, 0.3) is 61.1 Å². The topological polar surface area (TPSA) is 8.81 Å². The van der Waals surface area contributed by atoms with Gasteiger partial charge in [-0.3, -0.25) is 0 Å². The highest BCUT2D eigenvalue weighted by molar-refractivity contribution is 5.91. The van der Waals surface area contributed by atoms with E-state index in [-0.39, 0.29) is 11.8 Å². The Labute approximate surface area is 295 Å². The molecule has 0 atom stereocenters. The standard InChI is InChI=1S/C45H42F3N2/c1-28(2)38-24-37(32-12-8-7-9-13-32)25-39(29(3)4)43(38)50-41-21-20-36(33-18-16-31(17-19-33)27-45(46,47)48)26-42(41)49(6)44(50)40-23-35-15-11-10-14-34(35)22-30(40)5/h7-26,28-29H,27H2,1-6H3/q+1/i27D2. The van der Waals surface area contributed by atoms with Crippen LogP contribution in [0.4, 0.5) is 13.2 Å². The van der Waals surface area contributed by atoms with Crippen molar-refractivity contribution >= 4 is 21.8 Å². The fourth-order valence-corrected chi connectivity index (χ4v) is 7.19. The Morgan fingerprint density at radius 1 is 0.660 bits per heavy atom. The Balaban J connectivity index is 1.53. The van der Waals surface area contributed by atoms with E-state index in [0.29, 0.717) is 5.56 Å². The molecule has 252 valence electrons. The first-order valence-corrected chi connectivity index (χ1v) is 17.1. The molecule has 0 radical (unpaired) electrons. The normalized spacial score (nSPS) is 13.0. The van der Waals surface area contributed by atoms with Crippen LogP contribution >= 0.6 is 0 Å². The quantitative estimate of drug-likeness (QED) is 0.149. The summed E-state index contributed by atoms with van der Waals surface area (Å²) in [6.07, 6.45) is -8.45. The van der Waals surface area contributed by atoms with Gasteiger partial charge in [-0.2, -0.15) is 17.7 Å². The van der Waals surface area contributed by atoms with Crippen molar-refractivity contribution in [3.05, 3.63) is 144 Å². The summed E-state index contributed by atoms with van der Waals surface area (Å²) < 4.78 is 60.4. The summed E-state index contributed by atoms with van der Waals surface area (Å²) >= 11 is 0. The molecule has 0 aliphatic carbocycles. The molecule has 0 amide bonds. The van der Waals surface area contributed by atoms with E-state index < -0.39 is 18.1 Å². The molecule has 1 aromatic heterocycles. The molecule has 2 nitrogen and oxygen atoms in total. The zero-order chi connectivity index (χ0) is 37.1. The van der Waals surface area contributed by atoms with Crippen LogP contribution in [-0.2, 0) is 13.4 Å². The summed E-state index contributed by atoms with van der Waals surface area (Å²) in [4.78, 5) is 0. The van der Waals surface area contributed by atoms with E-state index in [1.165, 1.54) is 39.8 Å². The first-order chi connectivity index (χ1) is 24.7. The van der Waals surface area contributed by atoms with Crippen LogP contribution in [0.1, 0.15) is 64.5 Å². The van der Waals surface area contributed by atoms with Crippen molar-refractivity contribution in [2.75, 3.05) is 0 Å². The smallest absolute Gasteiger partial charge is 0.225 e. The predicted molar refractivity (Wildman–Crippen MR) is 201 cm³/mol. The summed E-state index contributed by atoms with van der Waals surface area (Å²) in [5.74, 6) is 1.45. The van der Waals surface area contributed by atoms with E-state index in [1.807, 2.05) is 12.1 Å². The van der Waals surface area contributed by atoms with E-state index in [1.54, 1.807) is 12.1 Å². The molecular weight excluding hydrogens is 626 g/mol. The van der Waals surface area contributed by atoms with Crippen molar-refractivity contribution < 1.29 is 20.5 Å². The van der Waals surface area contributed by atoms with Crippen LogP contribution in [0.5, 0.6) is 0 Å². The molecule has 0 spiro atoms. The van der Waals surface area contributed by atoms with Crippen LogP contribution in [0.3, 0.4) is 0 Å². The number of hydrogen-bond donors (Lipinski definition) is 0. The summed E-state index contributed by atoms with van der Waals surface area (Å²) in [6.45, 7) is 11.1.